The van der Waals surface area contributed by atoms with Crippen molar-refractivity contribution in [2.45, 2.75) is 37.9 Å². The summed E-state index contributed by atoms with van der Waals surface area (Å²) < 4.78 is 45.6. The van der Waals surface area contributed by atoms with Crippen LogP contribution < -0.4 is 14.5 Å². The summed E-state index contributed by atoms with van der Waals surface area (Å²) in [5, 5.41) is 3.45. The van der Waals surface area contributed by atoms with Gasteiger partial charge in [0.2, 0.25) is 10.0 Å². The van der Waals surface area contributed by atoms with Crippen LogP contribution in [0.3, 0.4) is 0 Å². The van der Waals surface area contributed by atoms with Gasteiger partial charge in [0.25, 0.3) is 0 Å². The lowest BCUT2D eigenvalue weighted by molar-refractivity contribution is 0.495. The summed E-state index contributed by atoms with van der Waals surface area (Å²) in [5.74, 6) is -0.328. The molecule has 2 fully saturated rings. The standard InChI is InChI=1S/C25H32FN5O2S/c1-17-14-23(30(3)34(32,33)19-8-10-27-11-9-19)24-21(16-29(2)25(24)28-17)20-15-18(6-7-22(20)26)31-12-4-5-13-31/h6-7,14-16,19,27H,4-5,8-13H2,1-3H3. The molecule has 0 atom stereocenters. The Morgan fingerprint density at radius 3 is 2.53 bits per heavy atom. The first-order chi connectivity index (χ1) is 16.3. The van der Waals surface area contributed by atoms with Crippen molar-refractivity contribution in [1.82, 2.24) is 14.9 Å². The number of nitrogens with zero attached hydrogens (tertiary/aromatic N) is 4. The highest BCUT2D eigenvalue weighted by Gasteiger charge is 2.33. The molecule has 5 rings (SSSR count). The molecule has 1 aromatic carbocycles. The predicted octanol–water partition coefficient (Wildman–Crippen LogP) is 3.81. The van der Waals surface area contributed by atoms with Crippen LogP contribution in [0.2, 0.25) is 0 Å². The van der Waals surface area contributed by atoms with Crippen LogP contribution in [0.1, 0.15) is 31.4 Å². The molecule has 182 valence electrons. The zero-order chi connectivity index (χ0) is 24.0. The summed E-state index contributed by atoms with van der Waals surface area (Å²) >= 11 is 0. The fourth-order valence-electron chi connectivity index (χ4n) is 5.27. The van der Waals surface area contributed by atoms with Gasteiger partial charge in [0.05, 0.1) is 16.3 Å². The third-order valence-corrected chi connectivity index (χ3v) is 9.45. The smallest absolute Gasteiger partial charge is 0.237 e. The highest BCUT2D eigenvalue weighted by Crippen LogP contribution is 2.40. The molecule has 4 heterocycles. The first kappa shape index (κ1) is 23.1. The Hall–Kier alpha value is -2.65. The Bertz CT molecular complexity index is 1320. The Labute approximate surface area is 200 Å². The SMILES string of the molecule is Cc1cc(N(C)S(=O)(=O)C2CCNCC2)c2c(-c3cc(N4CCCC4)ccc3F)cn(C)c2n1. The normalized spacial score (nSPS) is 17.6. The summed E-state index contributed by atoms with van der Waals surface area (Å²) in [5.41, 5.74) is 4.02. The molecule has 2 aliphatic heterocycles. The third kappa shape index (κ3) is 3.94. The van der Waals surface area contributed by atoms with E-state index in [4.69, 9.17) is 0 Å². The van der Waals surface area contributed by atoms with Crippen LogP contribution in [-0.2, 0) is 17.1 Å². The van der Waals surface area contributed by atoms with Gasteiger partial charge in [-0.2, -0.15) is 0 Å². The molecule has 0 aliphatic carbocycles. The van der Waals surface area contributed by atoms with Gasteiger partial charge in [-0.25, -0.2) is 17.8 Å². The maximum atomic E-state index is 15.2. The number of halogens is 1. The second kappa shape index (κ2) is 8.85. The summed E-state index contributed by atoms with van der Waals surface area (Å²) in [7, 11) is -0.113. The number of sulfonamides is 1. The molecule has 7 nitrogen and oxygen atoms in total. The number of aryl methyl sites for hydroxylation is 2. The van der Waals surface area contributed by atoms with Crippen LogP contribution in [0.25, 0.3) is 22.2 Å². The van der Waals surface area contributed by atoms with Crippen LogP contribution in [0.15, 0.2) is 30.5 Å². The predicted molar refractivity (Wildman–Crippen MR) is 136 cm³/mol. The monoisotopic (exact) mass is 485 g/mol. The number of pyridine rings is 1. The molecule has 0 unspecified atom stereocenters. The average Bonchev–Trinajstić information content (AvgIpc) is 3.48. The maximum absolute atomic E-state index is 15.2. The van der Waals surface area contributed by atoms with Gasteiger partial charge in [0, 0.05) is 55.9 Å². The second-order valence-electron chi connectivity index (χ2n) is 9.46. The minimum Gasteiger partial charge on any atom is -0.372 e. The summed E-state index contributed by atoms with van der Waals surface area (Å²) in [6.07, 6.45) is 5.28. The molecule has 0 spiro atoms. The molecule has 2 aromatic heterocycles. The van der Waals surface area contributed by atoms with E-state index in [2.05, 4.69) is 15.2 Å². The van der Waals surface area contributed by atoms with E-state index in [0.29, 0.717) is 59.5 Å². The number of nitrogens with one attached hydrogen (secondary N) is 1. The number of hydrogen-bond acceptors (Lipinski definition) is 5. The van der Waals surface area contributed by atoms with Crippen molar-refractivity contribution in [3.8, 4) is 11.1 Å². The summed E-state index contributed by atoms with van der Waals surface area (Å²) in [6.45, 7) is 5.16. The zero-order valence-corrected chi connectivity index (χ0v) is 20.8. The maximum Gasteiger partial charge on any atom is 0.237 e. The van der Waals surface area contributed by atoms with Crippen molar-refractivity contribution in [3.05, 3.63) is 42.0 Å². The third-order valence-electron chi connectivity index (χ3n) is 7.17. The lowest BCUT2D eigenvalue weighted by atomic mass is 10.0. The topological polar surface area (TPSA) is 70.5 Å². The van der Waals surface area contributed by atoms with E-state index in [-0.39, 0.29) is 5.82 Å². The molecule has 3 aromatic rings. The van der Waals surface area contributed by atoms with Gasteiger partial charge in [-0.05, 0) is 70.0 Å². The Morgan fingerprint density at radius 2 is 1.82 bits per heavy atom. The van der Waals surface area contributed by atoms with Crippen LogP contribution in [0, 0.1) is 12.7 Å². The molecule has 1 N–H and O–H groups in total. The van der Waals surface area contributed by atoms with Crippen LogP contribution in [0.4, 0.5) is 15.8 Å². The Morgan fingerprint density at radius 1 is 1.12 bits per heavy atom. The van der Waals surface area contributed by atoms with Gasteiger partial charge in [-0.1, -0.05) is 0 Å². The fourth-order valence-corrected chi connectivity index (χ4v) is 6.97. The summed E-state index contributed by atoms with van der Waals surface area (Å²) in [4.78, 5) is 6.96. The molecule has 34 heavy (non-hydrogen) atoms. The number of piperidine rings is 1. The number of hydrogen-bond donors (Lipinski definition) is 1. The Kier molecular flexibility index (Phi) is 6.02. The molecule has 2 saturated heterocycles. The number of benzene rings is 1. The van der Waals surface area contributed by atoms with E-state index < -0.39 is 15.3 Å². The minimum absolute atomic E-state index is 0.328. The highest BCUT2D eigenvalue weighted by atomic mass is 32.2. The van der Waals surface area contributed by atoms with E-state index in [1.807, 2.05) is 36.9 Å². The van der Waals surface area contributed by atoms with Crippen molar-refractivity contribution in [2.24, 2.45) is 7.05 Å². The number of fused-ring (bicyclic) bond motifs is 1. The van der Waals surface area contributed by atoms with Gasteiger partial charge in [-0.15, -0.1) is 0 Å². The summed E-state index contributed by atoms with van der Waals surface area (Å²) in [6, 6.07) is 7.03. The van der Waals surface area contributed by atoms with Crippen LogP contribution in [0.5, 0.6) is 0 Å². The number of rotatable bonds is 5. The van der Waals surface area contributed by atoms with Gasteiger partial charge in [0.15, 0.2) is 0 Å². The first-order valence-electron chi connectivity index (χ1n) is 12.0. The molecule has 2 aliphatic rings. The molecule has 0 amide bonds. The van der Waals surface area contributed by atoms with E-state index in [1.54, 1.807) is 13.1 Å². The van der Waals surface area contributed by atoms with Crippen molar-refractivity contribution in [3.63, 3.8) is 0 Å². The molecule has 0 radical (unpaired) electrons. The number of anilines is 2. The van der Waals surface area contributed by atoms with E-state index >= 15 is 4.39 Å². The zero-order valence-electron chi connectivity index (χ0n) is 20.0. The van der Waals surface area contributed by atoms with Gasteiger partial charge >= 0.3 is 0 Å². The number of aromatic nitrogens is 2. The quantitative estimate of drug-likeness (QED) is 0.595. The van der Waals surface area contributed by atoms with E-state index in [0.717, 1.165) is 31.6 Å². The van der Waals surface area contributed by atoms with Crippen molar-refractivity contribution < 1.29 is 12.8 Å². The largest absolute Gasteiger partial charge is 0.372 e. The molecule has 0 bridgehead atoms. The van der Waals surface area contributed by atoms with E-state index in [9.17, 15) is 8.42 Å². The second-order valence-corrected chi connectivity index (χ2v) is 11.7. The first-order valence-corrected chi connectivity index (χ1v) is 13.5. The van der Waals surface area contributed by atoms with Gasteiger partial charge in [-0.3, -0.25) is 4.31 Å². The average molecular weight is 486 g/mol. The van der Waals surface area contributed by atoms with Crippen LogP contribution in [-0.4, -0.2) is 56.4 Å². The molecule has 0 saturated carbocycles. The van der Waals surface area contributed by atoms with Crippen LogP contribution >= 0.6 is 0 Å². The molecule has 9 heteroatoms. The minimum atomic E-state index is -3.59. The lowest BCUT2D eigenvalue weighted by Crippen LogP contribution is -2.42. The highest BCUT2D eigenvalue weighted by molar-refractivity contribution is 7.93. The van der Waals surface area contributed by atoms with Crippen molar-refractivity contribution >= 4 is 32.4 Å². The lowest BCUT2D eigenvalue weighted by Gasteiger charge is -2.29. The van der Waals surface area contributed by atoms with Crippen molar-refractivity contribution in [1.29, 1.82) is 0 Å². The Balaban J connectivity index is 1.68. The molecular formula is C25H32FN5O2S. The van der Waals surface area contributed by atoms with Crippen molar-refractivity contribution in [2.75, 3.05) is 42.4 Å². The van der Waals surface area contributed by atoms with Gasteiger partial charge in [0.1, 0.15) is 11.5 Å². The fraction of sp³-hybridized carbons (Fsp3) is 0.480. The molecular weight excluding hydrogens is 453 g/mol. The van der Waals surface area contributed by atoms with E-state index in [1.165, 1.54) is 10.4 Å². The van der Waals surface area contributed by atoms with Gasteiger partial charge < -0.3 is 14.8 Å².